The third kappa shape index (κ3) is 3.99. The molecule has 0 saturated carbocycles. The molecular formula is C25H23INP. The Hall–Kier alpha value is -2.16. The number of anilines is 1. The van der Waals surface area contributed by atoms with Crippen LogP contribution in [0.4, 0.5) is 5.69 Å². The molecule has 1 N–H and O–H groups in total. The molecule has 3 heteroatoms. The van der Waals surface area contributed by atoms with E-state index < -0.39 is 7.41 Å². The number of halogens is 1. The Morgan fingerprint density at radius 3 is 1.46 bits per heavy atom. The minimum absolute atomic E-state index is 0. The minimum Gasteiger partial charge on any atom is -1.00 e. The Kier molecular flexibility index (Phi) is 6.88. The third-order valence-corrected chi connectivity index (χ3v) is 8.80. The molecule has 0 aromatic heterocycles. The summed E-state index contributed by atoms with van der Waals surface area (Å²) in [7, 11) is -2.06. The van der Waals surface area contributed by atoms with Crippen molar-refractivity contribution in [3.8, 4) is 0 Å². The molecule has 28 heavy (non-hydrogen) atoms. The van der Waals surface area contributed by atoms with Crippen molar-refractivity contribution in [2.24, 2.45) is 0 Å². The van der Waals surface area contributed by atoms with Crippen LogP contribution in [-0.2, 0) is 0 Å². The topological polar surface area (TPSA) is 12.0 Å². The summed E-state index contributed by atoms with van der Waals surface area (Å²) < 4.78 is 0. The van der Waals surface area contributed by atoms with E-state index in [0.717, 1.165) is 5.69 Å². The lowest BCUT2D eigenvalue weighted by molar-refractivity contribution is -0.00000526. The average Bonchev–Trinajstić information content (AvgIpc) is 2.75. The second-order valence-corrected chi connectivity index (χ2v) is 9.69. The number of hydrogen-bond acceptors (Lipinski definition) is 1. The number of para-hydroxylation sites is 1. The molecule has 4 aromatic carbocycles. The van der Waals surface area contributed by atoms with Gasteiger partial charge in [-0.05, 0) is 55.0 Å². The lowest BCUT2D eigenvalue weighted by Gasteiger charge is -2.29. The molecule has 4 rings (SSSR count). The fraction of sp³-hybridized carbons (Fsp3) is 0.0400. The molecule has 0 saturated heterocycles. The van der Waals surface area contributed by atoms with Crippen molar-refractivity contribution < 1.29 is 24.0 Å². The first kappa shape index (κ1) is 20.6. The smallest absolute Gasteiger partial charge is 0.200 e. The fourth-order valence-corrected chi connectivity index (χ4v) is 7.49. The monoisotopic (exact) mass is 495 g/mol. The number of nitrogens with one attached hydrogen (secondary N) is 1. The molecule has 0 radical (unpaired) electrons. The van der Waals surface area contributed by atoms with Crippen molar-refractivity contribution >= 4 is 29.0 Å². The molecule has 0 aliphatic heterocycles. The normalized spacial score (nSPS) is 10.8. The van der Waals surface area contributed by atoms with Crippen LogP contribution in [0.5, 0.6) is 0 Å². The van der Waals surface area contributed by atoms with Crippen LogP contribution in [-0.4, -0.2) is 0 Å². The average molecular weight is 495 g/mol. The van der Waals surface area contributed by atoms with Gasteiger partial charge in [-0.1, -0.05) is 72.8 Å². The van der Waals surface area contributed by atoms with Crippen LogP contribution in [0.25, 0.3) is 0 Å². The zero-order chi connectivity index (χ0) is 18.5. The van der Waals surface area contributed by atoms with E-state index in [4.69, 9.17) is 0 Å². The van der Waals surface area contributed by atoms with E-state index in [1.807, 2.05) is 0 Å². The van der Waals surface area contributed by atoms with Gasteiger partial charge in [0, 0.05) is 0 Å². The second-order valence-electron chi connectivity index (χ2n) is 6.61. The van der Waals surface area contributed by atoms with E-state index in [-0.39, 0.29) is 24.0 Å². The molecule has 140 valence electrons. The number of rotatable bonds is 5. The maximum atomic E-state index is 3.99. The Morgan fingerprint density at radius 2 is 0.964 bits per heavy atom. The molecule has 0 amide bonds. The van der Waals surface area contributed by atoms with Crippen molar-refractivity contribution in [1.82, 2.24) is 0 Å². The van der Waals surface area contributed by atoms with Crippen molar-refractivity contribution in [2.45, 2.75) is 6.92 Å². The van der Waals surface area contributed by atoms with E-state index in [1.54, 1.807) is 0 Å². The molecule has 0 fully saturated rings. The highest BCUT2D eigenvalue weighted by atomic mass is 127. The van der Waals surface area contributed by atoms with Crippen LogP contribution >= 0.6 is 7.41 Å². The standard InChI is InChI=1S/C25H23NP.HI/c1-21-13-11-12-20-25(21)27(23-16-7-3-8-17-23,24-18-9-4-10-19-24)26-22-14-5-2-6-15-22;/h2-20,26H,1H3;1H/q+1;/p-1. The van der Waals surface area contributed by atoms with Crippen molar-refractivity contribution in [1.29, 1.82) is 0 Å². The maximum Gasteiger partial charge on any atom is 0.200 e. The molecule has 0 aliphatic rings. The molecule has 0 heterocycles. The lowest BCUT2D eigenvalue weighted by Crippen LogP contribution is -3.00. The highest BCUT2D eigenvalue weighted by Gasteiger charge is 2.47. The zero-order valence-electron chi connectivity index (χ0n) is 15.8. The Bertz CT molecular complexity index is 965. The van der Waals surface area contributed by atoms with Crippen LogP contribution in [0.15, 0.2) is 115 Å². The number of hydrogen-bond donors (Lipinski definition) is 1. The number of benzene rings is 4. The van der Waals surface area contributed by atoms with Gasteiger partial charge in [0.25, 0.3) is 0 Å². The lowest BCUT2D eigenvalue weighted by atomic mass is 10.2. The predicted molar refractivity (Wildman–Crippen MR) is 120 cm³/mol. The molecule has 4 aromatic rings. The zero-order valence-corrected chi connectivity index (χ0v) is 18.8. The summed E-state index contributed by atoms with van der Waals surface area (Å²) in [6, 6.07) is 41.0. The van der Waals surface area contributed by atoms with Crippen LogP contribution in [0, 0.1) is 6.92 Å². The Balaban J connectivity index is 0.00000225. The molecule has 0 spiro atoms. The summed E-state index contributed by atoms with van der Waals surface area (Å²) in [6.07, 6.45) is 0. The van der Waals surface area contributed by atoms with Crippen molar-refractivity contribution in [2.75, 3.05) is 5.09 Å². The van der Waals surface area contributed by atoms with Gasteiger partial charge in [-0.2, -0.15) is 0 Å². The van der Waals surface area contributed by atoms with Crippen LogP contribution in [0.1, 0.15) is 5.56 Å². The molecule has 0 bridgehead atoms. The van der Waals surface area contributed by atoms with Gasteiger partial charge in [0.15, 0.2) is 7.41 Å². The van der Waals surface area contributed by atoms with E-state index in [0.29, 0.717) is 0 Å². The molecule has 0 unspecified atom stereocenters. The first-order valence-electron chi connectivity index (χ1n) is 9.20. The summed E-state index contributed by atoms with van der Waals surface area (Å²) in [6.45, 7) is 2.21. The van der Waals surface area contributed by atoms with Crippen molar-refractivity contribution in [3.05, 3.63) is 121 Å². The van der Waals surface area contributed by atoms with Gasteiger partial charge < -0.3 is 24.0 Å². The first-order valence-corrected chi connectivity index (χ1v) is 11.0. The third-order valence-electron chi connectivity index (χ3n) is 4.83. The number of aryl methyl sites for hydroxylation is 1. The molecule has 0 atom stereocenters. The maximum absolute atomic E-state index is 3.99. The first-order chi connectivity index (χ1) is 13.3. The quantitative estimate of drug-likeness (QED) is 0.331. The van der Waals surface area contributed by atoms with Gasteiger partial charge in [0.1, 0.15) is 15.9 Å². The molecule has 1 nitrogen and oxygen atoms in total. The summed E-state index contributed by atoms with van der Waals surface area (Å²) in [5.74, 6) is 0. The second kappa shape index (κ2) is 9.36. The van der Waals surface area contributed by atoms with Gasteiger partial charge in [-0.3, -0.25) is 0 Å². The molecular weight excluding hydrogens is 472 g/mol. The summed E-state index contributed by atoms with van der Waals surface area (Å²) in [5, 5.41) is 8.02. The van der Waals surface area contributed by atoms with Gasteiger partial charge in [0.05, 0.1) is 5.69 Å². The van der Waals surface area contributed by atoms with Crippen LogP contribution < -0.4 is 45.0 Å². The Morgan fingerprint density at radius 1 is 0.536 bits per heavy atom. The van der Waals surface area contributed by atoms with Crippen LogP contribution in [0.2, 0.25) is 0 Å². The molecule has 0 aliphatic carbocycles. The van der Waals surface area contributed by atoms with Crippen molar-refractivity contribution in [3.63, 3.8) is 0 Å². The van der Waals surface area contributed by atoms with Gasteiger partial charge in [-0.15, -0.1) is 0 Å². The Labute approximate surface area is 185 Å². The van der Waals surface area contributed by atoms with E-state index >= 15 is 0 Å². The largest absolute Gasteiger partial charge is 1.00 e. The van der Waals surface area contributed by atoms with E-state index in [1.165, 1.54) is 21.5 Å². The van der Waals surface area contributed by atoms with Gasteiger partial charge in [-0.25, -0.2) is 5.09 Å². The SMILES string of the molecule is Cc1ccccc1[P+](Nc1ccccc1)(c1ccccc1)c1ccccc1.[I-]. The van der Waals surface area contributed by atoms with Gasteiger partial charge >= 0.3 is 0 Å². The van der Waals surface area contributed by atoms with Gasteiger partial charge in [0.2, 0.25) is 0 Å². The highest BCUT2D eigenvalue weighted by molar-refractivity contribution is 7.96. The predicted octanol–water partition coefficient (Wildman–Crippen LogP) is 2.32. The summed E-state index contributed by atoms with van der Waals surface area (Å²) in [4.78, 5) is 0. The summed E-state index contributed by atoms with van der Waals surface area (Å²) in [5.41, 5.74) is 2.45. The highest BCUT2D eigenvalue weighted by Crippen LogP contribution is 2.55. The fourth-order valence-electron chi connectivity index (χ4n) is 3.57. The van der Waals surface area contributed by atoms with Crippen LogP contribution in [0.3, 0.4) is 0 Å². The minimum atomic E-state index is -2.06. The van der Waals surface area contributed by atoms with E-state index in [2.05, 4.69) is 127 Å². The van der Waals surface area contributed by atoms with E-state index in [9.17, 15) is 0 Å². The summed E-state index contributed by atoms with van der Waals surface area (Å²) >= 11 is 0.